The fourth-order valence-corrected chi connectivity index (χ4v) is 2.58. The average Bonchev–Trinajstić information content (AvgIpc) is 2.34. The maximum atomic E-state index is 14.0. The van der Waals surface area contributed by atoms with Crippen LogP contribution in [0.25, 0.3) is 0 Å². The van der Waals surface area contributed by atoms with Gasteiger partial charge in [-0.15, -0.1) is 0 Å². The molecule has 1 saturated heterocycles. The summed E-state index contributed by atoms with van der Waals surface area (Å²) in [7, 11) is 0. The lowest BCUT2D eigenvalue weighted by molar-refractivity contribution is 0.190. The number of halogens is 3. The molecule has 1 aliphatic rings. The lowest BCUT2D eigenvalue weighted by Crippen LogP contribution is -2.35. The lowest BCUT2D eigenvalue weighted by atomic mass is 9.91. The van der Waals surface area contributed by atoms with E-state index in [-0.39, 0.29) is 18.2 Å². The van der Waals surface area contributed by atoms with Crippen LogP contribution >= 0.6 is 15.9 Å². The Morgan fingerprint density at radius 1 is 1.47 bits per heavy atom. The minimum atomic E-state index is -0.960. The molecule has 0 aliphatic carbocycles. The smallest absolute Gasteiger partial charge is 0.127 e. The molecule has 1 heterocycles. The number of benzene rings is 1. The van der Waals surface area contributed by atoms with Crippen LogP contribution in [-0.4, -0.2) is 19.3 Å². The number of piperidine rings is 1. The molecule has 1 fully saturated rings. The number of nitrogens with one attached hydrogen (secondary N) is 1. The van der Waals surface area contributed by atoms with Crippen molar-refractivity contribution in [2.24, 2.45) is 5.92 Å². The van der Waals surface area contributed by atoms with Gasteiger partial charge in [0.1, 0.15) is 12.0 Å². The third-order valence-electron chi connectivity index (χ3n) is 3.28. The Morgan fingerprint density at radius 2 is 2.29 bits per heavy atom. The zero-order chi connectivity index (χ0) is 12.3. The maximum Gasteiger partial charge on any atom is 0.127 e. The number of hydrogen-bond acceptors (Lipinski definition) is 1. The van der Waals surface area contributed by atoms with E-state index < -0.39 is 6.17 Å². The van der Waals surface area contributed by atoms with Crippen molar-refractivity contribution in [1.82, 2.24) is 5.32 Å². The quantitative estimate of drug-likeness (QED) is 0.901. The number of rotatable bonds is 3. The summed E-state index contributed by atoms with van der Waals surface area (Å²) in [6.07, 6.45) is 1.12. The minimum absolute atomic E-state index is 0.0202. The molecule has 2 rings (SSSR count). The molecule has 0 aromatic heterocycles. The fraction of sp³-hybridized carbons (Fsp3) is 0.538. The van der Waals surface area contributed by atoms with E-state index in [1.165, 1.54) is 6.07 Å². The molecule has 0 bridgehead atoms. The molecule has 1 aliphatic heterocycles. The number of alkyl halides is 1. The molecule has 2 unspecified atom stereocenters. The molecular weight excluding hydrogens is 288 g/mol. The summed E-state index contributed by atoms with van der Waals surface area (Å²) in [5.74, 6) is -0.308. The van der Waals surface area contributed by atoms with Crippen molar-refractivity contribution in [3.63, 3.8) is 0 Å². The molecule has 2 atom stereocenters. The Labute approximate surface area is 109 Å². The fourth-order valence-electron chi connectivity index (χ4n) is 2.25. The highest BCUT2D eigenvalue weighted by Crippen LogP contribution is 2.23. The Kier molecular flexibility index (Phi) is 4.51. The zero-order valence-corrected chi connectivity index (χ0v) is 11.1. The van der Waals surface area contributed by atoms with E-state index in [1.807, 2.05) is 0 Å². The van der Waals surface area contributed by atoms with Crippen LogP contribution in [0.1, 0.15) is 18.4 Å². The topological polar surface area (TPSA) is 12.0 Å². The van der Waals surface area contributed by atoms with Crippen molar-refractivity contribution in [2.45, 2.75) is 25.4 Å². The van der Waals surface area contributed by atoms with Crippen LogP contribution < -0.4 is 5.32 Å². The van der Waals surface area contributed by atoms with E-state index in [0.717, 1.165) is 19.4 Å². The lowest BCUT2D eigenvalue weighted by Gasteiger charge is -2.26. The maximum absolute atomic E-state index is 14.0. The summed E-state index contributed by atoms with van der Waals surface area (Å²) in [6, 6.07) is 4.80. The van der Waals surface area contributed by atoms with Crippen molar-refractivity contribution in [1.29, 1.82) is 0 Å². The van der Waals surface area contributed by atoms with Gasteiger partial charge >= 0.3 is 0 Å². The molecule has 1 aromatic rings. The van der Waals surface area contributed by atoms with Gasteiger partial charge in [0.2, 0.25) is 0 Å². The summed E-state index contributed by atoms with van der Waals surface area (Å²) >= 11 is 3.20. The van der Waals surface area contributed by atoms with Crippen LogP contribution in [-0.2, 0) is 6.42 Å². The van der Waals surface area contributed by atoms with E-state index in [1.54, 1.807) is 12.1 Å². The molecule has 1 nitrogen and oxygen atoms in total. The van der Waals surface area contributed by atoms with Crippen LogP contribution in [0.5, 0.6) is 0 Å². The largest absolute Gasteiger partial charge is 0.316 e. The van der Waals surface area contributed by atoms with E-state index in [4.69, 9.17) is 0 Å². The predicted molar refractivity (Wildman–Crippen MR) is 68.3 cm³/mol. The highest BCUT2D eigenvalue weighted by Gasteiger charge is 2.24. The number of hydrogen-bond donors (Lipinski definition) is 1. The van der Waals surface area contributed by atoms with Crippen molar-refractivity contribution < 1.29 is 8.78 Å². The van der Waals surface area contributed by atoms with E-state index in [9.17, 15) is 8.78 Å². The first-order valence-corrected chi connectivity index (χ1v) is 6.75. The minimum Gasteiger partial charge on any atom is -0.316 e. The van der Waals surface area contributed by atoms with Gasteiger partial charge in [-0.05, 0) is 37.1 Å². The summed E-state index contributed by atoms with van der Waals surface area (Å²) in [5.41, 5.74) is 0.464. The molecule has 0 saturated carbocycles. The highest BCUT2D eigenvalue weighted by atomic mass is 79.9. The van der Waals surface area contributed by atoms with E-state index in [0.29, 0.717) is 16.6 Å². The van der Waals surface area contributed by atoms with Crippen molar-refractivity contribution in [3.05, 3.63) is 34.1 Å². The van der Waals surface area contributed by atoms with Gasteiger partial charge in [0.05, 0.1) is 0 Å². The molecule has 94 valence electrons. The molecule has 17 heavy (non-hydrogen) atoms. The summed E-state index contributed by atoms with van der Waals surface area (Å²) < 4.78 is 28.3. The average molecular weight is 304 g/mol. The second-order valence-corrected chi connectivity index (χ2v) is 5.48. The van der Waals surface area contributed by atoms with Gasteiger partial charge < -0.3 is 5.32 Å². The first-order valence-electron chi connectivity index (χ1n) is 5.95. The Hall–Kier alpha value is -0.480. The third kappa shape index (κ3) is 3.49. The van der Waals surface area contributed by atoms with Gasteiger partial charge in [0.15, 0.2) is 0 Å². The van der Waals surface area contributed by atoms with Gasteiger partial charge in [-0.2, -0.15) is 0 Å². The van der Waals surface area contributed by atoms with Crippen LogP contribution in [0.15, 0.2) is 22.7 Å². The molecule has 0 radical (unpaired) electrons. The molecule has 0 spiro atoms. The van der Waals surface area contributed by atoms with Gasteiger partial charge in [0.25, 0.3) is 0 Å². The molecular formula is C13H16BrF2N. The second kappa shape index (κ2) is 5.91. The van der Waals surface area contributed by atoms with Gasteiger partial charge in [0, 0.05) is 23.4 Å². The first-order chi connectivity index (χ1) is 8.16. The van der Waals surface area contributed by atoms with Crippen LogP contribution in [0.3, 0.4) is 0 Å². The highest BCUT2D eigenvalue weighted by molar-refractivity contribution is 9.10. The van der Waals surface area contributed by atoms with Crippen molar-refractivity contribution in [2.75, 3.05) is 13.1 Å². The van der Waals surface area contributed by atoms with Crippen molar-refractivity contribution in [3.8, 4) is 0 Å². The predicted octanol–water partition coefficient (Wildman–Crippen LogP) is 3.47. The Bertz CT molecular complexity index is 378. The third-order valence-corrected chi connectivity index (χ3v) is 3.77. The van der Waals surface area contributed by atoms with Crippen LogP contribution in [0.2, 0.25) is 0 Å². The summed E-state index contributed by atoms with van der Waals surface area (Å²) in [4.78, 5) is 0. The van der Waals surface area contributed by atoms with Gasteiger partial charge in [-0.1, -0.05) is 22.0 Å². The van der Waals surface area contributed by atoms with Crippen LogP contribution in [0.4, 0.5) is 8.78 Å². The van der Waals surface area contributed by atoms with Crippen molar-refractivity contribution >= 4 is 15.9 Å². The summed E-state index contributed by atoms with van der Waals surface area (Å²) in [5, 5.41) is 3.18. The molecule has 1 N–H and O–H groups in total. The summed E-state index contributed by atoms with van der Waals surface area (Å²) in [6.45, 7) is 1.68. The monoisotopic (exact) mass is 303 g/mol. The van der Waals surface area contributed by atoms with E-state index in [2.05, 4.69) is 21.2 Å². The molecule has 0 amide bonds. The normalized spacial score (nSPS) is 22.4. The second-order valence-electron chi connectivity index (χ2n) is 4.56. The SMILES string of the molecule is Fc1cc(Br)ccc1CC(F)C1CCCNC1. The van der Waals surface area contributed by atoms with Gasteiger partial charge in [-0.25, -0.2) is 8.78 Å². The first kappa shape index (κ1) is 13.0. The standard InChI is InChI=1S/C13H16BrF2N/c14-11-4-3-9(13(16)7-11)6-12(15)10-2-1-5-17-8-10/h3-4,7,10,12,17H,1-2,5-6,8H2. The zero-order valence-electron chi connectivity index (χ0n) is 9.56. The Balaban J connectivity index is 1.99. The van der Waals surface area contributed by atoms with Crippen LogP contribution in [0, 0.1) is 11.7 Å². The Morgan fingerprint density at radius 3 is 2.94 bits per heavy atom. The van der Waals surface area contributed by atoms with Gasteiger partial charge in [-0.3, -0.25) is 0 Å². The molecule has 1 aromatic carbocycles. The van der Waals surface area contributed by atoms with E-state index >= 15 is 0 Å². The molecule has 4 heteroatoms.